The van der Waals surface area contributed by atoms with Crippen molar-refractivity contribution in [3.63, 3.8) is 0 Å². The first kappa shape index (κ1) is 30.9. The van der Waals surface area contributed by atoms with Crippen LogP contribution in [0.3, 0.4) is 0 Å². The van der Waals surface area contributed by atoms with Gasteiger partial charge >= 0.3 is 17.9 Å². The van der Waals surface area contributed by atoms with Crippen molar-refractivity contribution in [1.82, 2.24) is 0 Å². The van der Waals surface area contributed by atoms with E-state index < -0.39 is 24.2 Å². The van der Waals surface area contributed by atoms with E-state index in [4.69, 9.17) is 18.9 Å². The van der Waals surface area contributed by atoms with Gasteiger partial charge in [-0.2, -0.15) is 0 Å². The minimum absolute atomic E-state index is 0.179. The van der Waals surface area contributed by atoms with E-state index in [-0.39, 0.29) is 24.5 Å². The Hall–Kier alpha value is -4.61. The van der Waals surface area contributed by atoms with Gasteiger partial charge < -0.3 is 24.1 Å². The van der Waals surface area contributed by atoms with Gasteiger partial charge in [-0.3, -0.25) is 0 Å². The molecule has 1 aliphatic heterocycles. The van der Waals surface area contributed by atoms with Crippen molar-refractivity contribution in [3.05, 3.63) is 106 Å². The standard InChI is InChI=1S/C33H34O8/c1-20(2)30(34)38-15-7-9-23-17-25(10-8-16-39-31(35)21(3)4)29-26(18-23)19-28(33(37)41-29)24-11-13-27(14-12-24)40-32(36)22(5)6/h11,13,17-19,33,37H,1,3,5,7-10,15-16H2,2,4,6H3. The SMILES string of the molecule is C=C(C)C(=O)OCCCc1cc2c(c(CCCOC(=O)C(=C)C)c1)OC(O)C(C1=C=C=C(OC(=O)C(=C)C)C=C1)=C2. The topological polar surface area (TPSA) is 108 Å². The van der Waals surface area contributed by atoms with Crippen LogP contribution in [-0.4, -0.2) is 42.5 Å². The number of ether oxygens (including phenoxy) is 4. The van der Waals surface area contributed by atoms with Crippen LogP contribution in [0.15, 0.2) is 89.1 Å². The molecule has 1 N–H and O–H groups in total. The lowest BCUT2D eigenvalue weighted by Crippen LogP contribution is -2.24. The number of fused-ring (bicyclic) bond motifs is 1. The highest BCUT2D eigenvalue weighted by Crippen LogP contribution is 2.37. The lowest BCUT2D eigenvalue weighted by molar-refractivity contribution is -0.139. The number of aryl methyl sites for hydroxylation is 2. The van der Waals surface area contributed by atoms with E-state index in [2.05, 4.69) is 31.2 Å². The predicted molar refractivity (Wildman–Crippen MR) is 153 cm³/mol. The molecule has 0 spiro atoms. The minimum Gasteiger partial charge on any atom is -0.462 e. The summed E-state index contributed by atoms with van der Waals surface area (Å²) in [5, 5.41) is 10.9. The van der Waals surface area contributed by atoms with E-state index in [1.54, 1.807) is 32.9 Å². The van der Waals surface area contributed by atoms with Crippen LogP contribution in [0.2, 0.25) is 0 Å². The number of aliphatic hydroxyl groups excluding tert-OH is 1. The van der Waals surface area contributed by atoms with Gasteiger partial charge in [0.05, 0.1) is 13.2 Å². The lowest BCUT2D eigenvalue weighted by Gasteiger charge is -2.26. The quantitative estimate of drug-likeness (QED) is 0.117. The van der Waals surface area contributed by atoms with Crippen molar-refractivity contribution in [1.29, 1.82) is 0 Å². The molecule has 1 atom stereocenters. The van der Waals surface area contributed by atoms with Crippen molar-refractivity contribution >= 4 is 24.0 Å². The minimum atomic E-state index is -1.27. The monoisotopic (exact) mass is 558 g/mol. The maximum absolute atomic E-state index is 11.8. The van der Waals surface area contributed by atoms with Crippen LogP contribution in [0.25, 0.3) is 6.08 Å². The van der Waals surface area contributed by atoms with Gasteiger partial charge in [0, 0.05) is 33.4 Å². The van der Waals surface area contributed by atoms with Crippen LogP contribution in [0.5, 0.6) is 5.75 Å². The number of hydrogen-bond acceptors (Lipinski definition) is 8. The van der Waals surface area contributed by atoms with E-state index in [1.165, 1.54) is 0 Å². The summed E-state index contributed by atoms with van der Waals surface area (Å²) < 4.78 is 21.6. The molecule has 0 fully saturated rings. The Bertz CT molecular complexity index is 1460. The van der Waals surface area contributed by atoms with Gasteiger partial charge in [0.25, 0.3) is 0 Å². The third kappa shape index (κ3) is 8.69. The molecule has 1 aromatic carbocycles. The number of aliphatic hydroxyl groups is 1. The summed E-state index contributed by atoms with van der Waals surface area (Å²) in [6.45, 7) is 15.9. The Labute approximate surface area is 239 Å². The Morgan fingerprint density at radius 3 is 2.05 bits per heavy atom. The van der Waals surface area contributed by atoms with Crippen molar-refractivity contribution in [2.24, 2.45) is 0 Å². The second-order valence-electron chi connectivity index (χ2n) is 9.81. The molecule has 1 aromatic rings. The highest BCUT2D eigenvalue weighted by Gasteiger charge is 2.26. The number of carbonyl (C=O) groups excluding carboxylic acids is 3. The Morgan fingerprint density at radius 1 is 0.878 bits per heavy atom. The summed E-state index contributed by atoms with van der Waals surface area (Å²) in [5.74, 6) is -0.735. The van der Waals surface area contributed by atoms with E-state index >= 15 is 0 Å². The molecular formula is C33H34O8. The van der Waals surface area contributed by atoms with Gasteiger partial charge in [-0.1, -0.05) is 31.5 Å². The lowest BCUT2D eigenvalue weighted by atomic mass is 9.93. The molecule has 1 aliphatic carbocycles. The molecule has 1 unspecified atom stereocenters. The predicted octanol–water partition coefficient (Wildman–Crippen LogP) is 5.14. The summed E-state index contributed by atoms with van der Waals surface area (Å²) >= 11 is 0. The summed E-state index contributed by atoms with van der Waals surface area (Å²) in [7, 11) is 0. The number of esters is 3. The molecule has 8 nitrogen and oxygen atoms in total. The van der Waals surface area contributed by atoms with Gasteiger partial charge in [0.15, 0.2) is 5.76 Å². The molecule has 41 heavy (non-hydrogen) atoms. The fourth-order valence-corrected chi connectivity index (χ4v) is 3.89. The first-order valence-corrected chi connectivity index (χ1v) is 13.2. The van der Waals surface area contributed by atoms with Crippen LogP contribution >= 0.6 is 0 Å². The number of hydrogen-bond donors (Lipinski definition) is 1. The molecule has 0 saturated carbocycles. The number of allylic oxidation sites excluding steroid dienone is 2. The molecule has 0 radical (unpaired) electrons. The largest absolute Gasteiger partial charge is 0.462 e. The highest BCUT2D eigenvalue weighted by molar-refractivity contribution is 5.88. The van der Waals surface area contributed by atoms with E-state index in [1.807, 2.05) is 18.2 Å². The van der Waals surface area contributed by atoms with Crippen LogP contribution in [0, 0.1) is 0 Å². The number of benzene rings is 1. The zero-order valence-corrected chi connectivity index (χ0v) is 23.6. The zero-order valence-electron chi connectivity index (χ0n) is 23.6. The normalized spacial score (nSPS) is 14.9. The molecule has 0 saturated heterocycles. The average molecular weight is 559 g/mol. The van der Waals surface area contributed by atoms with E-state index in [0.29, 0.717) is 53.7 Å². The van der Waals surface area contributed by atoms with E-state index in [9.17, 15) is 19.5 Å². The fraction of sp³-hybridized carbons (Fsp3) is 0.303. The smallest absolute Gasteiger partial charge is 0.339 e. The molecule has 0 bridgehead atoms. The molecule has 2 aliphatic rings. The zero-order chi connectivity index (χ0) is 30.1. The van der Waals surface area contributed by atoms with Crippen molar-refractivity contribution < 1.29 is 38.4 Å². The molecular weight excluding hydrogens is 524 g/mol. The first-order valence-electron chi connectivity index (χ1n) is 13.2. The summed E-state index contributed by atoms with van der Waals surface area (Å²) in [6, 6.07) is 3.94. The van der Waals surface area contributed by atoms with Crippen LogP contribution in [0.1, 0.15) is 50.3 Å². The molecule has 8 heteroatoms. The van der Waals surface area contributed by atoms with Crippen molar-refractivity contribution in [2.45, 2.75) is 52.7 Å². The molecule has 0 aromatic heterocycles. The average Bonchev–Trinajstić information content (AvgIpc) is 2.93. The Kier molecular flexibility index (Phi) is 10.7. The van der Waals surface area contributed by atoms with Crippen LogP contribution in [0.4, 0.5) is 0 Å². The molecule has 3 rings (SSSR count). The molecule has 1 heterocycles. The summed E-state index contributed by atoms with van der Waals surface area (Å²) in [5.41, 5.74) is 10.2. The van der Waals surface area contributed by atoms with Crippen molar-refractivity contribution in [3.8, 4) is 5.75 Å². The third-order valence-corrected chi connectivity index (χ3v) is 6.01. The Balaban J connectivity index is 1.87. The maximum atomic E-state index is 11.8. The molecule has 0 amide bonds. The highest BCUT2D eigenvalue weighted by atomic mass is 16.6. The first-order chi connectivity index (χ1) is 19.5. The number of carbonyl (C=O) groups is 3. The van der Waals surface area contributed by atoms with E-state index in [0.717, 1.165) is 16.7 Å². The summed E-state index contributed by atoms with van der Waals surface area (Å²) in [4.78, 5) is 35.2. The Morgan fingerprint density at radius 2 is 1.49 bits per heavy atom. The third-order valence-electron chi connectivity index (χ3n) is 6.01. The van der Waals surface area contributed by atoms with Gasteiger partial charge in [0.1, 0.15) is 5.75 Å². The van der Waals surface area contributed by atoms with Gasteiger partial charge in [0.2, 0.25) is 6.29 Å². The van der Waals surface area contributed by atoms with Crippen LogP contribution < -0.4 is 4.74 Å². The molecule has 214 valence electrons. The van der Waals surface area contributed by atoms with Crippen molar-refractivity contribution in [2.75, 3.05) is 13.2 Å². The van der Waals surface area contributed by atoms with Crippen LogP contribution in [-0.2, 0) is 41.4 Å². The second kappa shape index (κ2) is 14.1. The fourth-order valence-electron chi connectivity index (χ4n) is 3.89. The summed E-state index contributed by atoms with van der Waals surface area (Å²) in [6.07, 6.45) is 6.04. The maximum Gasteiger partial charge on any atom is 0.339 e. The van der Waals surface area contributed by atoms with Gasteiger partial charge in [-0.05, 0) is 87.6 Å². The second-order valence-corrected chi connectivity index (χ2v) is 9.81. The van der Waals surface area contributed by atoms with Gasteiger partial charge in [-0.15, -0.1) is 0 Å². The number of rotatable bonds is 13. The van der Waals surface area contributed by atoms with Gasteiger partial charge in [-0.25, -0.2) is 14.4 Å².